The van der Waals surface area contributed by atoms with Gasteiger partial charge in [0.1, 0.15) is 11.6 Å². The number of nitrogens with zero attached hydrogens (tertiary/aromatic N) is 4. The molecule has 0 fully saturated rings. The number of benzene rings is 2. The molecule has 2 atom stereocenters. The van der Waals surface area contributed by atoms with Crippen LogP contribution in [0.3, 0.4) is 0 Å². The highest BCUT2D eigenvalue weighted by Crippen LogP contribution is 2.36. The average Bonchev–Trinajstić information content (AvgIpc) is 3.41. The molecule has 3 rings (SSSR count). The molecular weight excluding hydrogens is 492 g/mol. The van der Waals surface area contributed by atoms with Crippen LogP contribution in [0.15, 0.2) is 76.0 Å². The van der Waals surface area contributed by atoms with Crippen molar-refractivity contribution in [3.8, 4) is 0 Å². The highest BCUT2D eigenvalue weighted by atomic mass is 19.1. The Bertz CT molecular complexity index is 1200. The molecule has 1 aliphatic rings. The van der Waals surface area contributed by atoms with E-state index in [4.69, 9.17) is 4.99 Å². The topological polar surface area (TPSA) is 52.4 Å². The molecule has 0 spiro atoms. The number of nitrogens with one attached hydrogen (secondary N) is 1. The second kappa shape index (κ2) is 15.2. The lowest BCUT2D eigenvalue weighted by molar-refractivity contribution is 0.254. The number of hydrogen-bond donors (Lipinski definition) is 1. The predicted molar refractivity (Wildman–Crippen MR) is 160 cm³/mol. The minimum absolute atomic E-state index is 0.0806. The van der Waals surface area contributed by atoms with E-state index in [-0.39, 0.29) is 23.6 Å². The molecule has 2 aromatic rings. The van der Waals surface area contributed by atoms with Crippen molar-refractivity contribution in [2.75, 3.05) is 20.1 Å². The van der Waals surface area contributed by atoms with Crippen molar-refractivity contribution in [2.45, 2.75) is 58.4 Å². The predicted octanol–water partition coefficient (Wildman–Crippen LogP) is 7.18. The van der Waals surface area contributed by atoms with Crippen LogP contribution in [0.2, 0.25) is 0 Å². The lowest BCUT2D eigenvalue weighted by atomic mass is 9.95. The minimum Gasteiger partial charge on any atom is -0.320 e. The van der Waals surface area contributed by atoms with Gasteiger partial charge in [-0.1, -0.05) is 32.1 Å². The lowest BCUT2D eigenvalue weighted by Crippen LogP contribution is -2.26. The summed E-state index contributed by atoms with van der Waals surface area (Å²) in [6.07, 6.45) is 10.4. The van der Waals surface area contributed by atoms with E-state index < -0.39 is 0 Å². The fourth-order valence-corrected chi connectivity index (χ4v) is 4.90. The van der Waals surface area contributed by atoms with Gasteiger partial charge in [-0.25, -0.2) is 8.78 Å². The maximum absolute atomic E-state index is 14.9. The van der Waals surface area contributed by atoms with E-state index in [0.29, 0.717) is 30.7 Å². The van der Waals surface area contributed by atoms with Gasteiger partial charge in [-0.05, 0) is 99.9 Å². The molecule has 5 nitrogen and oxygen atoms in total. The standard InChI is InChI=1S/C32H41F2N5/c1-6-7-8-25-9-10-30(34)29(21-25)31(13-16-36-5)37-17-12-26(11-15-35-4)24(3)39-32(14-18-38-39)27-19-23(2)20-28(33)22-27/h9-10,13,16,18-22,26,32,35H,3,5-8,11-12,14-15,17H2,1-2,4H3/b16-13-,37-31+. The molecule has 1 heterocycles. The van der Waals surface area contributed by atoms with Gasteiger partial charge in [-0.2, -0.15) is 5.10 Å². The zero-order valence-corrected chi connectivity index (χ0v) is 23.5. The molecule has 208 valence electrons. The third-order valence-electron chi connectivity index (χ3n) is 7.01. The van der Waals surface area contributed by atoms with E-state index in [9.17, 15) is 8.78 Å². The van der Waals surface area contributed by atoms with Crippen molar-refractivity contribution in [3.05, 3.63) is 94.8 Å². The molecule has 2 aromatic carbocycles. The summed E-state index contributed by atoms with van der Waals surface area (Å²) < 4.78 is 29.1. The summed E-state index contributed by atoms with van der Waals surface area (Å²) in [5.41, 5.74) is 4.75. The Morgan fingerprint density at radius 1 is 1.23 bits per heavy atom. The summed E-state index contributed by atoms with van der Waals surface area (Å²) in [5, 5.41) is 9.76. The van der Waals surface area contributed by atoms with Gasteiger partial charge >= 0.3 is 0 Å². The molecular formula is C32H41F2N5. The van der Waals surface area contributed by atoms with Gasteiger partial charge in [0.15, 0.2) is 0 Å². The first-order valence-corrected chi connectivity index (χ1v) is 13.8. The number of hydrazone groups is 1. The second-order valence-corrected chi connectivity index (χ2v) is 10.0. The van der Waals surface area contributed by atoms with Crippen LogP contribution in [0, 0.1) is 24.5 Å². The molecule has 1 aliphatic heterocycles. The molecule has 0 aromatic heterocycles. The van der Waals surface area contributed by atoms with E-state index in [0.717, 1.165) is 54.6 Å². The molecule has 1 N–H and O–H groups in total. The number of hydrogen-bond acceptors (Lipinski definition) is 5. The Kier molecular flexibility index (Phi) is 11.7. The van der Waals surface area contributed by atoms with Gasteiger partial charge in [-0.15, -0.1) is 0 Å². The first-order valence-electron chi connectivity index (χ1n) is 13.8. The minimum atomic E-state index is -0.307. The van der Waals surface area contributed by atoms with Gasteiger partial charge in [-0.3, -0.25) is 15.0 Å². The summed E-state index contributed by atoms with van der Waals surface area (Å²) in [6.45, 7) is 13.2. The Balaban J connectivity index is 1.81. The SMILES string of the molecule is C=N/C=C\C(=N/CCC(CCNC)C(=C)N1N=CCC1c1cc(C)cc(F)c1)c1cc(CCCC)ccc1F. The van der Waals surface area contributed by atoms with Crippen molar-refractivity contribution in [1.82, 2.24) is 10.3 Å². The van der Waals surface area contributed by atoms with Crippen LogP contribution in [0.1, 0.15) is 67.3 Å². The van der Waals surface area contributed by atoms with E-state index >= 15 is 0 Å². The highest BCUT2D eigenvalue weighted by Gasteiger charge is 2.29. The molecule has 0 aliphatic carbocycles. The Morgan fingerprint density at radius 3 is 2.77 bits per heavy atom. The molecule has 0 amide bonds. The van der Waals surface area contributed by atoms with Crippen molar-refractivity contribution >= 4 is 18.6 Å². The van der Waals surface area contributed by atoms with Crippen molar-refractivity contribution in [2.24, 2.45) is 21.0 Å². The third-order valence-corrected chi connectivity index (χ3v) is 7.01. The van der Waals surface area contributed by atoms with Crippen molar-refractivity contribution in [1.29, 1.82) is 0 Å². The summed E-state index contributed by atoms with van der Waals surface area (Å²) in [6, 6.07) is 10.3. The largest absolute Gasteiger partial charge is 0.320 e. The van der Waals surface area contributed by atoms with Crippen LogP contribution in [0.4, 0.5) is 8.78 Å². The molecule has 0 bridgehead atoms. The molecule has 7 heteroatoms. The van der Waals surface area contributed by atoms with E-state index in [2.05, 4.69) is 35.6 Å². The van der Waals surface area contributed by atoms with Crippen LogP contribution in [0.25, 0.3) is 0 Å². The van der Waals surface area contributed by atoms with E-state index in [1.165, 1.54) is 12.1 Å². The zero-order chi connectivity index (χ0) is 28.2. The Labute approximate surface area is 232 Å². The first-order chi connectivity index (χ1) is 18.9. The van der Waals surface area contributed by atoms with E-state index in [1.807, 2.05) is 43.4 Å². The fraction of sp³-hybridized carbons (Fsp3) is 0.406. The van der Waals surface area contributed by atoms with Crippen LogP contribution < -0.4 is 5.32 Å². The van der Waals surface area contributed by atoms with Gasteiger partial charge in [0, 0.05) is 42.6 Å². The van der Waals surface area contributed by atoms with Crippen molar-refractivity contribution < 1.29 is 8.78 Å². The van der Waals surface area contributed by atoms with E-state index in [1.54, 1.807) is 18.3 Å². The Morgan fingerprint density at radius 2 is 2.05 bits per heavy atom. The molecule has 2 unspecified atom stereocenters. The number of halogens is 2. The van der Waals surface area contributed by atoms with Crippen LogP contribution in [-0.2, 0) is 6.42 Å². The molecule has 39 heavy (non-hydrogen) atoms. The number of allylic oxidation sites excluding steroid dienone is 2. The summed E-state index contributed by atoms with van der Waals surface area (Å²) in [7, 11) is 1.92. The van der Waals surface area contributed by atoms with Crippen LogP contribution >= 0.6 is 0 Å². The number of aryl methyl sites for hydroxylation is 2. The maximum atomic E-state index is 14.9. The van der Waals surface area contributed by atoms with Crippen LogP contribution in [0.5, 0.6) is 0 Å². The lowest BCUT2D eigenvalue weighted by Gasteiger charge is -2.31. The second-order valence-electron chi connectivity index (χ2n) is 10.0. The average molecular weight is 534 g/mol. The molecule has 0 saturated carbocycles. The van der Waals surface area contributed by atoms with Gasteiger partial charge in [0.05, 0.1) is 11.8 Å². The number of rotatable bonds is 15. The van der Waals surface area contributed by atoms with Crippen LogP contribution in [-0.4, -0.2) is 43.8 Å². The summed E-state index contributed by atoms with van der Waals surface area (Å²) >= 11 is 0. The quantitative estimate of drug-likeness (QED) is 0.247. The monoisotopic (exact) mass is 533 g/mol. The number of aliphatic imine (C=N–C) groups is 2. The summed E-state index contributed by atoms with van der Waals surface area (Å²) in [4.78, 5) is 8.62. The normalized spacial score (nSPS) is 16.3. The maximum Gasteiger partial charge on any atom is 0.132 e. The first kappa shape index (κ1) is 30.1. The van der Waals surface area contributed by atoms with Gasteiger partial charge in [0.25, 0.3) is 0 Å². The number of unbranched alkanes of at least 4 members (excludes halogenated alkanes) is 1. The molecule has 0 saturated heterocycles. The zero-order valence-electron chi connectivity index (χ0n) is 23.5. The highest BCUT2D eigenvalue weighted by molar-refractivity contribution is 6.09. The van der Waals surface area contributed by atoms with Gasteiger partial charge in [0.2, 0.25) is 0 Å². The smallest absolute Gasteiger partial charge is 0.132 e. The fourth-order valence-electron chi connectivity index (χ4n) is 4.90. The summed E-state index contributed by atoms with van der Waals surface area (Å²) in [5.74, 6) is -0.472. The van der Waals surface area contributed by atoms with Gasteiger partial charge < -0.3 is 5.32 Å². The third kappa shape index (κ3) is 8.52. The van der Waals surface area contributed by atoms with Crippen molar-refractivity contribution in [3.63, 3.8) is 0 Å². The molecule has 0 radical (unpaired) electrons. The Hall–Kier alpha value is -3.45.